The largest absolute Gasteiger partial charge is 0.493 e. The highest BCUT2D eigenvalue weighted by molar-refractivity contribution is 7.15. The molecule has 278 valence electrons. The standard InChI is InChI=1S/C39H44F3N3O6S/c1-7-50-37(47)38(3,4)51-32-15-10-27(22-25(32)2)31(46)14-17-35-30(43-36(52-35)26-8-11-28(12-9-26)39(40,41)42)24-44-18-20-45(21-19-44)29-13-16-33(48-5)34(23-29)49-6/h8-13,15-16,22-23H,7,14,17-21,24H2,1-6H3. The molecule has 52 heavy (non-hydrogen) atoms. The van der Waals surface area contributed by atoms with Crippen molar-refractivity contribution in [3.8, 4) is 27.8 Å². The number of thiazole rings is 1. The summed E-state index contributed by atoms with van der Waals surface area (Å²) in [6.07, 6.45) is -3.80. The van der Waals surface area contributed by atoms with Crippen molar-refractivity contribution >= 4 is 28.8 Å². The minimum absolute atomic E-state index is 0.0710. The quantitative estimate of drug-likeness (QED) is 0.0943. The van der Waals surface area contributed by atoms with Gasteiger partial charge in [-0.15, -0.1) is 11.3 Å². The first kappa shape index (κ1) is 38.6. The van der Waals surface area contributed by atoms with Gasteiger partial charge >= 0.3 is 12.1 Å². The van der Waals surface area contributed by atoms with Crippen molar-refractivity contribution in [1.82, 2.24) is 9.88 Å². The van der Waals surface area contributed by atoms with Crippen molar-refractivity contribution in [1.29, 1.82) is 0 Å². The van der Waals surface area contributed by atoms with Gasteiger partial charge < -0.3 is 23.8 Å². The van der Waals surface area contributed by atoms with Crippen LogP contribution in [0, 0.1) is 6.92 Å². The molecule has 0 bridgehead atoms. The molecule has 1 saturated heterocycles. The molecule has 4 aromatic rings. The maximum absolute atomic E-state index is 13.5. The van der Waals surface area contributed by atoms with Crippen LogP contribution in [0.5, 0.6) is 17.2 Å². The van der Waals surface area contributed by atoms with Gasteiger partial charge in [-0.2, -0.15) is 13.2 Å². The highest BCUT2D eigenvalue weighted by atomic mass is 32.1. The number of methoxy groups -OCH3 is 2. The van der Waals surface area contributed by atoms with E-state index in [2.05, 4.69) is 9.80 Å². The van der Waals surface area contributed by atoms with Crippen LogP contribution in [-0.2, 0) is 28.7 Å². The summed E-state index contributed by atoms with van der Waals surface area (Å²) < 4.78 is 61.7. The molecule has 0 atom stereocenters. The monoisotopic (exact) mass is 739 g/mol. The molecule has 0 radical (unpaired) electrons. The van der Waals surface area contributed by atoms with Gasteiger partial charge in [-0.25, -0.2) is 9.78 Å². The summed E-state index contributed by atoms with van der Waals surface area (Å²) in [7, 11) is 3.22. The SMILES string of the molecule is CCOC(=O)C(C)(C)Oc1ccc(C(=O)CCc2sc(-c3ccc(C(F)(F)F)cc3)nc2CN2CCN(c3ccc(OC)c(OC)c3)CC2)cc1C. The fourth-order valence-corrected chi connectivity index (χ4v) is 7.03. The second-order valence-corrected chi connectivity index (χ2v) is 14.1. The van der Waals surface area contributed by atoms with E-state index in [4.69, 9.17) is 23.9 Å². The fraction of sp³-hybridized carbons (Fsp3) is 0.410. The first-order valence-electron chi connectivity index (χ1n) is 17.1. The zero-order valence-electron chi connectivity index (χ0n) is 30.3. The van der Waals surface area contributed by atoms with E-state index in [0.717, 1.165) is 54.6 Å². The number of ketones is 1. The Morgan fingerprint density at radius 1 is 0.885 bits per heavy atom. The minimum Gasteiger partial charge on any atom is -0.493 e. The van der Waals surface area contributed by atoms with E-state index in [1.165, 1.54) is 23.5 Å². The van der Waals surface area contributed by atoms with Crippen LogP contribution in [0.25, 0.3) is 10.6 Å². The Hall–Kier alpha value is -4.62. The lowest BCUT2D eigenvalue weighted by Gasteiger charge is -2.36. The van der Waals surface area contributed by atoms with Crippen molar-refractivity contribution in [3.05, 3.63) is 87.9 Å². The van der Waals surface area contributed by atoms with Crippen LogP contribution in [-0.4, -0.2) is 74.2 Å². The summed E-state index contributed by atoms with van der Waals surface area (Å²) in [5.74, 6) is 1.26. The number of carbonyl (C=O) groups is 2. The molecule has 2 heterocycles. The molecule has 0 saturated carbocycles. The Morgan fingerprint density at radius 2 is 1.56 bits per heavy atom. The Bertz CT molecular complexity index is 1870. The molecule has 9 nitrogen and oxygen atoms in total. The van der Waals surface area contributed by atoms with Gasteiger partial charge in [-0.3, -0.25) is 9.69 Å². The Balaban J connectivity index is 1.30. The van der Waals surface area contributed by atoms with Crippen molar-refractivity contribution in [2.24, 2.45) is 0 Å². The van der Waals surface area contributed by atoms with Crippen LogP contribution in [0.3, 0.4) is 0 Å². The Morgan fingerprint density at radius 3 is 2.17 bits per heavy atom. The van der Waals surface area contributed by atoms with Crippen molar-refractivity contribution in [3.63, 3.8) is 0 Å². The summed E-state index contributed by atoms with van der Waals surface area (Å²) in [5, 5.41) is 0.608. The number of halogens is 3. The molecule has 0 N–H and O–H groups in total. The highest BCUT2D eigenvalue weighted by Crippen LogP contribution is 2.35. The first-order chi connectivity index (χ1) is 24.7. The number of anilines is 1. The van der Waals surface area contributed by atoms with Gasteiger partial charge in [0.25, 0.3) is 0 Å². The predicted octanol–water partition coefficient (Wildman–Crippen LogP) is 8.01. The number of aromatic nitrogens is 1. The van der Waals surface area contributed by atoms with Gasteiger partial charge in [-0.1, -0.05) is 12.1 Å². The van der Waals surface area contributed by atoms with E-state index in [-0.39, 0.29) is 18.8 Å². The normalized spacial score (nSPS) is 13.9. The van der Waals surface area contributed by atoms with Gasteiger partial charge in [0, 0.05) is 66.9 Å². The lowest BCUT2D eigenvalue weighted by Crippen LogP contribution is -2.46. The molecule has 0 aliphatic carbocycles. The van der Waals surface area contributed by atoms with Crippen LogP contribution in [0.15, 0.2) is 60.7 Å². The number of Topliss-reactive ketones (excluding diaryl/α,β-unsaturated/α-hetero) is 1. The van der Waals surface area contributed by atoms with E-state index in [9.17, 15) is 22.8 Å². The maximum atomic E-state index is 13.5. The number of hydrogen-bond acceptors (Lipinski definition) is 10. The van der Waals surface area contributed by atoms with Crippen LogP contribution in [0.1, 0.15) is 59.2 Å². The van der Waals surface area contributed by atoms with E-state index in [1.807, 2.05) is 25.1 Å². The highest BCUT2D eigenvalue weighted by Gasteiger charge is 2.32. The second-order valence-electron chi connectivity index (χ2n) is 13.0. The van der Waals surface area contributed by atoms with E-state index >= 15 is 0 Å². The van der Waals surface area contributed by atoms with Crippen molar-refractivity contribution < 1.29 is 41.7 Å². The molecule has 0 spiro atoms. The molecule has 1 fully saturated rings. The van der Waals surface area contributed by atoms with Gasteiger partial charge in [0.1, 0.15) is 10.8 Å². The number of piperazine rings is 1. The molecule has 1 aromatic heterocycles. The molecule has 1 aliphatic heterocycles. The number of aryl methyl sites for hydroxylation is 2. The lowest BCUT2D eigenvalue weighted by molar-refractivity contribution is -0.158. The molecule has 0 unspecified atom stereocenters. The number of alkyl halides is 3. The Kier molecular flexibility index (Phi) is 12.2. The first-order valence-corrected chi connectivity index (χ1v) is 17.9. The second kappa shape index (κ2) is 16.4. The van der Waals surface area contributed by atoms with Crippen molar-refractivity contribution in [2.45, 2.75) is 58.9 Å². The van der Waals surface area contributed by atoms with E-state index in [1.54, 1.807) is 53.2 Å². The number of hydrogen-bond donors (Lipinski definition) is 0. The van der Waals surface area contributed by atoms with Gasteiger partial charge in [0.15, 0.2) is 22.9 Å². The maximum Gasteiger partial charge on any atom is 0.416 e. The number of esters is 1. The van der Waals surface area contributed by atoms with Crippen LogP contribution >= 0.6 is 11.3 Å². The summed E-state index contributed by atoms with van der Waals surface area (Å²) in [6, 6.07) is 16.0. The lowest BCUT2D eigenvalue weighted by atomic mass is 10.0. The number of rotatable bonds is 14. The summed E-state index contributed by atoms with van der Waals surface area (Å²) in [4.78, 5) is 36.2. The predicted molar refractivity (Wildman–Crippen MR) is 195 cm³/mol. The third-order valence-corrected chi connectivity index (χ3v) is 10.1. The number of nitrogens with zero attached hydrogens (tertiary/aromatic N) is 3. The zero-order valence-corrected chi connectivity index (χ0v) is 31.1. The average Bonchev–Trinajstić information content (AvgIpc) is 3.53. The van der Waals surface area contributed by atoms with Crippen LogP contribution in [0.2, 0.25) is 0 Å². The van der Waals surface area contributed by atoms with Gasteiger partial charge in [-0.05, 0) is 82.1 Å². The van der Waals surface area contributed by atoms with E-state index in [0.29, 0.717) is 51.9 Å². The molecular formula is C39H44F3N3O6S. The smallest absolute Gasteiger partial charge is 0.416 e. The third kappa shape index (κ3) is 9.23. The fourth-order valence-electron chi connectivity index (χ4n) is 5.96. The Labute approximate surface area is 306 Å². The molecule has 5 rings (SSSR count). The molecule has 0 amide bonds. The van der Waals surface area contributed by atoms with Gasteiger partial charge in [0.05, 0.1) is 32.1 Å². The summed E-state index contributed by atoms with van der Waals surface area (Å²) >= 11 is 1.40. The summed E-state index contributed by atoms with van der Waals surface area (Å²) in [5.41, 5.74) is 1.74. The van der Waals surface area contributed by atoms with Crippen LogP contribution < -0.4 is 19.1 Å². The zero-order chi connectivity index (χ0) is 37.6. The van der Waals surface area contributed by atoms with Gasteiger partial charge in [0.2, 0.25) is 0 Å². The topological polar surface area (TPSA) is 90.4 Å². The summed E-state index contributed by atoms with van der Waals surface area (Å²) in [6.45, 7) is 10.7. The minimum atomic E-state index is -4.43. The molecule has 3 aromatic carbocycles. The number of ether oxygens (including phenoxy) is 4. The number of benzene rings is 3. The van der Waals surface area contributed by atoms with Crippen LogP contribution in [0.4, 0.5) is 18.9 Å². The van der Waals surface area contributed by atoms with E-state index < -0.39 is 23.3 Å². The van der Waals surface area contributed by atoms with Crippen molar-refractivity contribution in [2.75, 3.05) is 51.9 Å². The average molecular weight is 740 g/mol. The number of carbonyl (C=O) groups excluding carboxylic acids is 2. The molecular weight excluding hydrogens is 696 g/mol. The third-order valence-electron chi connectivity index (χ3n) is 8.92. The molecule has 13 heteroatoms. The molecule has 1 aliphatic rings.